The van der Waals surface area contributed by atoms with E-state index in [2.05, 4.69) is 10.9 Å². The zero-order valence-corrected chi connectivity index (χ0v) is 15.6. The summed E-state index contributed by atoms with van der Waals surface area (Å²) < 4.78 is 0. The van der Waals surface area contributed by atoms with E-state index in [-0.39, 0.29) is 30.3 Å². The summed E-state index contributed by atoms with van der Waals surface area (Å²) in [6.07, 6.45) is 1.19. The fourth-order valence-electron chi connectivity index (χ4n) is 3.31. The van der Waals surface area contributed by atoms with Gasteiger partial charge >= 0.3 is 0 Å². The number of aliphatic hydroxyl groups is 1. The number of hydrogen-bond donors (Lipinski definition) is 4. The van der Waals surface area contributed by atoms with Crippen molar-refractivity contribution in [3.63, 3.8) is 0 Å². The molecule has 3 rings (SSSR count). The molecule has 1 aliphatic heterocycles. The van der Waals surface area contributed by atoms with Crippen LogP contribution in [-0.2, 0) is 11.3 Å². The predicted octanol–water partition coefficient (Wildman–Crippen LogP) is 2.02. The lowest BCUT2D eigenvalue weighted by Gasteiger charge is -2.25. The molecule has 0 radical (unpaired) electrons. The number of phenolic OH excluding ortho intramolecular Hbond substituents is 1. The van der Waals surface area contributed by atoms with Crippen molar-refractivity contribution >= 4 is 5.91 Å². The summed E-state index contributed by atoms with van der Waals surface area (Å²) in [4.78, 5) is 14.9. The molecule has 0 aliphatic carbocycles. The van der Waals surface area contributed by atoms with Gasteiger partial charge in [-0.05, 0) is 43.0 Å². The number of benzene rings is 2. The summed E-state index contributed by atoms with van der Waals surface area (Å²) in [7, 11) is 0. The van der Waals surface area contributed by atoms with Crippen LogP contribution in [0.15, 0.2) is 48.5 Å². The number of nitrogens with zero attached hydrogens (tertiary/aromatic N) is 1. The third-order valence-corrected chi connectivity index (χ3v) is 4.89. The molecule has 2 atom stereocenters. The van der Waals surface area contributed by atoms with E-state index in [0.717, 1.165) is 11.1 Å². The van der Waals surface area contributed by atoms with E-state index in [4.69, 9.17) is 0 Å². The van der Waals surface area contributed by atoms with Crippen LogP contribution >= 0.6 is 0 Å². The van der Waals surface area contributed by atoms with E-state index in [1.165, 1.54) is 5.56 Å². The van der Waals surface area contributed by atoms with E-state index in [1.54, 1.807) is 17.0 Å². The van der Waals surface area contributed by atoms with E-state index >= 15 is 0 Å². The maximum Gasteiger partial charge on any atom is 0.241 e. The molecule has 1 fully saturated rings. The highest BCUT2D eigenvalue weighted by Gasteiger charge is 2.32. The highest BCUT2D eigenvalue weighted by Crippen LogP contribution is 2.25. The van der Waals surface area contributed by atoms with E-state index in [1.807, 2.05) is 43.3 Å². The molecule has 0 aromatic heterocycles. The molecule has 1 aliphatic rings. The first-order valence-electron chi connectivity index (χ1n) is 9.32. The van der Waals surface area contributed by atoms with Crippen LogP contribution < -0.4 is 10.9 Å². The number of hydrogen-bond acceptors (Lipinski definition) is 5. The molecule has 144 valence electrons. The van der Waals surface area contributed by atoms with Gasteiger partial charge < -0.3 is 15.1 Å². The standard InChI is InChI=1S/C21H27N3O3/c1-15-3-5-16(6-4-15)14-24(11-2-12-25)21(27)20-13-19(22-23-20)17-7-9-18(26)10-8-17/h3-10,19-20,22-23,25-26H,2,11-14H2,1H3. The van der Waals surface area contributed by atoms with Crippen LogP contribution in [0.2, 0.25) is 0 Å². The first kappa shape index (κ1) is 19.4. The molecular formula is C21H27N3O3. The van der Waals surface area contributed by atoms with Gasteiger partial charge in [0.25, 0.3) is 0 Å². The second-order valence-electron chi connectivity index (χ2n) is 7.04. The van der Waals surface area contributed by atoms with Gasteiger partial charge in [-0.2, -0.15) is 0 Å². The van der Waals surface area contributed by atoms with Crippen molar-refractivity contribution in [1.29, 1.82) is 0 Å². The molecule has 2 unspecified atom stereocenters. The molecule has 6 nitrogen and oxygen atoms in total. The summed E-state index contributed by atoms with van der Waals surface area (Å²) in [5.41, 5.74) is 9.57. The fraction of sp³-hybridized carbons (Fsp3) is 0.381. The van der Waals surface area contributed by atoms with E-state index < -0.39 is 0 Å². The SMILES string of the molecule is Cc1ccc(CN(CCCO)C(=O)C2CC(c3ccc(O)cc3)NN2)cc1. The Balaban J connectivity index is 1.66. The maximum atomic E-state index is 13.1. The lowest BCUT2D eigenvalue weighted by Crippen LogP contribution is -2.45. The number of hydrazine groups is 1. The van der Waals surface area contributed by atoms with Gasteiger partial charge in [0.2, 0.25) is 5.91 Å². The third-order valence-electron chi connectivity index (χ3n) is 4.89. The molecule has 1 saturated heterocycles. The number of amides is 1. The second-order valence-corrected chi connectivity index (χ2v) is 7.04. The first-order valence-corrected chi connectivity index (χ1v) is 9.32. The number of carbonyl (C=O) groups is 1. The molecule has 4 N–H and O–H groups in total. The van der Waals surface area contributed by atoms with Crippen LogP contribution in [0.25, 0.3) is 0 Å². The molecule has 0 bridgehead atoms. The number of aryl methyl sites for hydroxylation is 1. The van der Waals surface area contributed by atoms with Gasteiger partial charge in [0.1, 0.15) is 11.8 Å². The number of nitrogens with one attached hydrogen (secondary N) is 2. The average Bonchev–Trinajstić information content (AvgIpc) is 3.17. The van der Waals surface area contributed by atoms with Crippen LogP contribution in [0.3, 0.4) is 0 Å². The van der Waals surface area contributed by atoms with Crippen LogP contribution in [0.4, 0.5) is 0 Å². The number of carbonyl (C=O) groups excluding carboxylic acids is 1. The van der Waals surface area contributed by atoms with Crippen molar-refractivity contribution in [3.05, 3.63) is 65.2 Å². The van der Waals surface area contributed by atoms with Crippen molar-refractivity contribution in [2.75, 3.05) is 13.2 Å². The topological polar surface area (TPSA) is 84.8 Å². The Bertz CT molecular complexity index is 746. The molecule has 0 spiro atoms. The minimum atomic E-state index is -0.326. The summed E-state index contributed by atoms with van der Waals surface area (Å²) in [6.45, 7) is 3.15. The number of phenols is 1. The second kappa shape index (κ2) is 8.99. The molecule has 1 heterocycles. The summed E-state index contributed by atoms with van der Waals surface area (Å²) in [6, 6.07) is 14.9. The van der Waals surface area contributed by atoms with Crippen molar-refractivity contribution in [2.24, 2.45) is 0 Å². The van der Waals surface area contributed by atoms with Crippen molar-refractivity contribution in [3.8, 4) is 5.75 Å². The summed E-state index contributed by atoms with van der Waals surface area (Å²) >= 11 is 0. The third kappa shape index (κ3) is 5.07. The van der Waals surface area contributed by atoms with E-state index in [9.17, 15) is 15.0 Å². The normalized spacial score (nSPS) is 19.2. The molecule has 2 aromatic carbocycles. The highest BCUT2D eigenvalue weighted by atomic mass is 16.3. The van der Waals surface area contributed by atoms with Crippen LogP contribution in [-0.4, -0.2) is 40.2 Å². The summed E-state index contributed by atoms with van der Waals surface area (Å²) in [5.74, 6) is 0.253. The van der Waals surface area contributed by atoms with Gasteiger partial charge in [0, 0.05) is 25.7 Å². The van der Waals surface area contributed by atoms with E-state index in [0.29, 0.717) is 25.9 Å². The molecule has 27 heavy (non-hydrogen) atoms. The van der Waals surface area contributed by atoms with Gasteiger partial charge in [0.05, 0.1) is 0 Å². The minimum Gasteiger partial charge on any atom is -0.508 e. The zero-order valence-electron chi connectivity index (χ0n) is 15.6. The maximum absolute atomic E-state index is 13.1. The van der Waals surface area contributed by atoms with Crippen molar-refractivity contribution < 1.29 is 15.0 Å². The number of aromatic hydroxyl groups is 1. The largest absolute Gasteiger partial charge is 0.508 e. The van der Waals surface area contributed by atoms with Gasteiger partial charge in [0.15, 0.2) is 0 Å². The fourth-order valence-corrected chi connectivity index (χ4v) is 3.31. The molecule has 1 amide bonds. The number of rotatable bonds is 7. The first-order chi connectivity index (χ1) is 13.1. The Kier molecular flexibility index (Phi) is 6.45. The zero-order chi connectivity index (χ0) is 19.2. The Labute approximate surface area is 159 Å². The average molecular weight is 369 g/mol. The summed E-state index contributed by atoms with van der Waals surface area (Å²) in [5, 5.41) is 18.6. The number of aliphatic hydroxyl groups excluding tert-OH is 1. The van der Waals surface area contributed by atoms with Gasteiger partial charge in [-0.1, -0.05) is 42.0 Å². The quantitative estimate of drug-likeness (QED) is 0.600. The molecule has 6 heteroatoms. The van der Waals surface area contributed by atoms with Gasteiger partial charge in [-0.3, -0.25) is 4.79 Å². The van der Waals surface area contributed by atoms with Crippen LogP contribution in [0.1, 0.15) is 35.6 Å². The Morgan fingerprint density at radius 1 is 1.11 bits per heavy atom. The van der Waals surface area contributed by atoms with Gasteiger partial charge in [-0.25, -0.2) is 10.9 Å². The molecule has 2 aromatic rings. The predicted molar refractivity (Wildman–Crippen MR) is 104 cm³/mol. The van der Waals surface area contributed by atoms with Crippen molar-refractivity contribution in [1.82, 2.24) is 15.8 Å². The highest BCUT2D eigenvalue weighted by molar-refractivity contribution is 5.82. The van der Waals surface area contributed by atoms with Gasteiger partial charge in [-0.15, -0.1) is 0 Å². The Morgan fingerprint density at radius 2 is 1.81 bits per heavy atom. The lowest BCUT2D eigenvalue weighted by molar-refractivity contribution is -0.134. The molecule has 0 saturated carbocycles. The monoisotopic (exact) mass is 369 g/mol. The Morgan fingerprint density at radius 3 is 2.48 bits per heavy atom. The lowest BCUT2D eigenvalue weighted by atomic mass is 10.0. The van der Waals surface area contributed by atoms with Crippen molar-refractivity contribution in [2.45, 2.75) is 38.4 Å². The smallest absolute Gasteiger partial charge is 0.241 e. The van der Waals surface area contributed by atoms with Crippen LogP contribution in [0, 0.1) is 6.92 Å². The van der Waals surface area contributed by atoms with Crippen LogP contribution in [0.5, 0.6) is 5.75 Å². The Hall–Kier alpha value is -2.41. The molecular weight excluding hydrogens is 342 g/mol. The minimum absolute atomic E-state index is 0.0126.